The van der Waals surface area contributed by atoms with Gasteiger partial charge in [-0.25, -0.2) is 9.59 Å². The maximum Gasteiger partial charge on any atom is 0.336 e. The van der Waals surface area contributed by atoms with Crippen LogP contribution in [-0.2, 0) is 23.8 Å². The van der Waals surface area contributed by atoms with Crippen molar-refractivity contribution in [2.45, 2.75) is 12.8 Å². The summed E-state index contributed by atoms with van der Waals surface area (Å²) in [5.74, 6) is -2.93. The van der Waals surface area contributed by atoms with Crippen LogP contribution in [0.1, 0.15) is 39.1 Å². The van der Waals surface area contributed by atoms with E-state index in [4.69, 9.17) is 25.8 Å². The summed E-state index contributed by atoms with van der Waals surface area (Å²) >= 11 is 6.47. The van der Waals surface area contributed by atoms with E-state index in [1.54, 1.807) is 55.5 Å². The molecule has 2 heterocycles. The van der Waals surface area contributed by atoms with Gasteiger partial charge in [-0.1, -0.05) is 41.9 Å². The minimum Gasteiger partial charge on any atom is -0.466 e. The van der Waals surface area contributed by atoms with Gasteiger partial charge in [0.2, 0.25) is 0 Å². The van der Waals surface area contributed by atoms with Crippen molar-refractivity contribution in [3.05, 3.63) is 92.8 Å². The molecule has 2 aromatic carbocycles. The Balaban J connectivity index is 1.59. The molecule has 0 fully saturated rings. The van der Waals surface area contributed by atoms with E-state index in [1.165, 1.54) is 14.2 Å². The number of dihydropyridines is 1. The van der Waals surface area contributed by atoms with Crippen LogP contribution in [0.2, 0.25) is 5.02 Å². The van der Waals surface area contributed by atoms with Crippen LogP contribution >= 0.6 is 11.6 Å². The van der Waals surface area contributed by atoms with Crippen LogP contribution in [0.4, 0.5) is 0 Å². The molecule has 10 heteroatoms. The van der Waals surface area contributed by atoms with Gasteiger partial charge in [0.15, 0.2) is 0 Å². The zero-order valence-electron chi connectivity index (χ0n) is 20.5. The maximum atomic E-state index is 13.0. The predicted octanol–water partition coefficient (Wildman–Crippen LogP) is 3.21. The van der Waals surface area contributed by atoms with Gasteiger partial charge >= 0.3 is 11.9 Å². The maximum absolute atomic E-state index is 13.0. The van der Waals surface area contributed by atoms with E-state index >= 15 is 0 Å². The van der Waals surface area contributed by atoms with E-state index in [0.717, 1.165) is 4.90 Å². The number of carbonyl (C=O) groups excluding carboxylic acids is 4. The number of hydrogen-bond donors (Lipinski definition) is 1. The van der Waals surface area contributed by atoms with Crippen LogP contribution in [-0.4, -0.2) is 62.6 Å². The van der Waals surface area contributed by atoms with Gasteiger partial charge in [0.25, 0.3) is 11.8 Å². The van der Waals surface area contributed by atoms with Crippen LogP contribution in [0.25, 0.3) is 0 Å². The molecule has 1 atom stereocenters. The van der Waals surface area contributed by atoms with E-state index in [9.17, 15) is 19.2 Å². The first kappa shape index (κ1) is 26.1. The average molecular weight is 525 g/mol. The van der Waals surface area contributed by atoms with Crippen molar-refractivity contribution in [3.63, 3.8) is 0 Å². The third-order valence-corrected chi connectivity index (χ3v) is 6.60. The largest absolute Gasteiger partial charge is 0.466 e. The van der Waals surface area contributed by atoms with Crippen molar-refractivity contribution in [2.75, 3.05) is 34.0 Å². The van der Waals surface area contributed by atoms with Gasteiger partial charge in [-0.15, -0.1) is 0 Å². The molecule has 37 heavy (non-hydrogen) atoms. The first-order valence-electron chi connectivity index (χ1n) is 11.4. The minimum absolute atomic E-state index is 0.0223. The number of fused-ring (bicyclic) bond motifs is 1. The van der Waals surface area contributed by atoms with Crippen molar-refractivity contribution in [1.82, 2.24) is 10.2 Å². The molecule has 0 saturated heterocycles. The molecule has 0 bridgehead atoms. The van der Waals surface area contributed by atoms with E-state index in [-0.39, 0.29) is 42.7 Å². The van der Waals surface area contributed by atoms with Crippen LogP contribution in [0.15, 0.2) is 71.1 Å². The Kier molecular flexibility index (Phi) is 7.75. The summed E-state index contributed by atoms with van der Waals surface area (Å²) < 4.78 is 15.8. The van der Waals surface area contributed by atoms with E-state index in [1.807, 2.05) is 0 Å². The van der Waals surface area contributed by atoms with Crippen LogP contribution < -0.4 is 5.32 Å². The predicted molar refractivity (Wildman–Crippen MR) is 134 cm³/mol. The van der Waals surface area contributed by atoms with Crippen molar-refractivity contribution < 1.29 is 33.4 Å². The molecular formula is C27H25ClN2O7. The molecule has 192 valence electrons. The highest BCUT2D eigenvalue weighted by molar-refractivity contribution is 6.31. The minimum atomic E-state index is -0.871. The van der Waals surface area contributed by atoms with Crippen LogP contribution in [0.3, 0.4) is 0 Å². The number of ether oxygens (including phenoxy) is 3. The summed E-state index contributed by atoms with van der Waals surface area (Å²) in [6.45, 7) is 1.65. The molecular weight excluding hydrogens is 500 g/mol. The summed E-state index contributed by atoms with van der Waals surface area (Å²) in [7, 11) is 2.49. The van der Waals surface area contributed by atoms with Crippen LogP contribution in [0, 0.1) is 0 Å². The summed E-state index contributed by atoms with van der Waals surface area (Å²) in [5.41, 5.74) is 2.42. The fraction of sp³-hybridized carbons (Fsp3) is 0.259. The molecule has 9 nitrogen and oxygen atoms in total. The van der Waals surface area contributed by atoms with Gasteiger partial charge in [0.1, 0.15) is 0 Å². The van der Waals surface area contributed by atoms with Gasteiger partial charge in [-0.2, -0.15) is 0 Å². The zero-order chi connectivity index (χ0) is 26.7. The number of methoxy groups -OCH3 is 2. The lowest BCUT2D eigenvalue weighted by atomic mass is 9.80. The molecule has 2 amide bonds. The number of imide groups is 1. The molecule has 1 unspecified atom stereocenters. The third kappa shape index (κ3) is 4.87. The second-order valence-corrected chi connectivity index (χ2v) is 8.76. The topological polar surface area (TPSA) is 111 Å². The zero-order valence-corrected chi connectivity index (χ0v) is 21.3. The average Bonchev–Trinajstić information content (AvgIpc) is 3.15. The SMILES string of the molecule is COC(=O)C1=C(C)NC(COCCN2C(=O)c3ccccc3C2=O)=C(C(=O)OC)C1c1ccccc1Cl. The lowest BCUT2D eigenvalue weighted by molar-refractivity contribution is -0.137. The number of benzene rings is 2. The number of rotatable bonds is 8. The number of allylic oxidation sites excluding steroid dienone is 1. The van der Waals surface area contributed by atoms with Gasteiger partial charge < -0.3 is 19.5 Å². The van der Waals surface area contributed by atoms with Crippen molar-refractivity contribution in [3.8, 4) is 0 Å². The number of halogens is 1. The first-order valence-corrected chi connectivity index (χ1v) is 11.8. The molecule has 1 N–H and O–H groups in total. The summed E-state index contributed by atoms with van der Waals surface area (Å²) in [6, 6.07) is 13.5. The summed E-state index contributed by atoms with van der Waals surface area (Å²) in [4.78, 5) is 52.1. The molecule has 0 aliphatic carbocycles. The first-order chi connectivity index (χ1) is 17.8. The quantitative estimate of drug-likeness (QED) is 0.318. The van der Waals surface area contributed by atoms with Gasteiger partial charge in [0, 0.05) is 10.7 Å². The van der Waals surface area contributed by atoms with Gasteiger partial charge in [-0.05, 0) is 30.7 Å². The Morgan fingerprint density at radius 2 is 1.49 bits per heavy atom. The second kappa shape index (κ2) is 11.0. The number of nitrogens with zero attached hydrogens (tertiary/aromatic N) is 1. The van der Waals surface area contributed by atoms with Crippen molar-refractivity contribution >= 4 is 35.4 Å². The molecule has 0 spiro atoms. The highest BCUT2D eigenvalue weighted by Crippen LogP contribution is 2.41. The Labute approximate surface area is 218 Å². The van der Waals surface area contributed by atoms with Gasteiger partial charge in [-0.3, -0.25) is 14.5 Å². The number of hydrogen-bond acceptors (Lipinski definition) is 8. The lowest BCUT2D eigenvalue weighted by Crippen LogP contribution is -2.36. The summed E-state index contributed by atoms with van der Waals surface area (Å²) in [6.07, 6.45) is 0. The fourth-order valence-electron chi connectivity index (χ4n) is 4.53. The number of carbonyl (C=O) groups is 4. The Morgan fingerprint density at radius 3 is 2.08 bits per heavy atom. The molecule has 2 aliphatic heterocycles. The summed E-state index contributed by atoms with van der Waals surface area (Å²) in [5, 5.41) is 3.43. The van der Waals surface area contributed by atoms with E-state index < -0.39 is 17.9 Å². The normalized spacial score (nSPS) is 17.1. The Hall–Kier alpha value is -3.95. The van der Waals surface area contributed by atoms with Crippen LogP contribution in [0.5, 0.6) is 0 Å². The Bertz CT molecular complexity index is 1310. The molecule has 0 saturated carbocycles. The van der Waals surface area contributed by atoms with E-state index in [0.29, 0.717) is 33.1 Å². The highest BCUT2D eigenvalue weighted by atomic mass is 35.5. The molecule has 2 aliphatic rings. The third-order valence-electron chi connectivity index (χ3n) is 6.26. The smallest absolute Gasteiger partial charge is 0.336 e. The second-order valence-electron chi connectivity index (χ2n) is 8.35. The van der Waals surface area contributed by atoms with E-state index in [2.05, 4.69) is 5.32 Å². The van der Waals surface area contributed by atoms with Crippen molar-refractivity contribution in [2.24, 2.45) is 0 Å². The number of esters is 2. The van der Waals surface area contributed by atoms with Gasteiger partial charge in [0.05, 0.1) is 67.9 Å². The fourth-order valence-corrected chi connectivity index (χ4v) is 4.78. The molecule has 2 aromatic rings. The monoisotopic (exact) mass is 524 g/mol. The highest BCUT2D eigenvalue weighted by Gasteiger charge is 2.40. The van der Waals surface area contributed by atoms with Crippen molar-refractivity contribution in [1.29, 1.82) is 0 Å². The molecule has 0 aromatic heterocycles. The number of amides is 2. The number of nitrogens with one attached hydrogen (secondary N) is 1. The molecule has 4 rings (SSSR count). The lowest BCUT2D eigenvalue weighted by Gasteiger charge is -2.31. The molecule has 0 radical (unpaired) electrons. The standard InChI is InChI=1S/C27H25ClN2O7/c1-15-21(26(33)35-2)22(18-10-6-7-11-19(18)28)23(27(34)36-3)20(29-15)14-37-13-12-30-24(31)16-8-4-5-9-17(16)25(30)32/h4-11,22,29H,12-14H2,1-3H3. The Morgan fingerprint density at radius 1 is 0.919 bits per heavy atom.